The molecule has 0 amide bonds. The first-order chi connectivity index (χ1) is 8.95. The molecule has 1 N–H and O–H groups in total. The number of rotatable bonds is 7. The van der Waals surface area contributed by atoms with Gasteiger partial charge in [-0.15, -0.1) is 6.58 Å². The van der Waals surface area contributed by atoms with Crippen molar-refractivity contribution in [2.45, 2.75) is 13.5 Å². The van der Waals surface area contributed by atoms with Gasteiger partial charge in [-0.3, -0.25) is 19.8 Å². The van der Waals surface area contributed by atoms with E-state index in [1.54, 1.807) is 30.0 Å². The fourth-order valence-corrected chi connectivity index (χ4v) is 1.84. The fourth-order valence-electron chi connectivity index (χ4n) is 1.84. The number of nitro groups is 1. The lowest BCUT2D eigenvalue weighted by atomic mass is 10.1. The zero-order valence-corrected chi connectivity index (χ0v) is 10.7. The lowest BCUT2D eigenvalue weighted by Crippen LogP contribution is -2.29. The molecule has 0 bridgehead atoms. The van der Waals surface area contributed by atoms with Crippen molar-refractivity contribution >= 4 is 11.7 Å². The van der Waals surface area contributed by atoms with E-state index in [1.165, 1.54) is 6.07 Å². The second-order valence-corrected chi connectivity index (χ2v) is 4.17. The minimum atomic E-state index is -0.940. The van der Waals surface area contributed by atoms with E-state index in [0.717, 1.165) is 5.56 Å². The maximum atomic E-state index is 10.8. The largest absolute Gasteiger partial charge is 0.480 e. The molecular weight excluding hydrogens is 248 g/mol. The highest BCUT2D eigenvalue weighted by Crippen LogP contribution is 2.22. The molecule has 102 valence electrons. The SMILES string of the molecule is C=CCN(CC(=O)O)Cc1cccc([N+](=O)[O-])c1C. The minimum Gasteiger partial charge on any atom is -0.480 e. The van der Waals surface area contributed by atoms with E-state index in [1.807, 2.05) is 0 Å². The number of carboxylic acid groups (broad SMARTS) is 1. The molecule has 0 radical (unpaired) electrons. The maximum Gasteiger partial charge on any atom is 0.317 e. The molecule has 1 aromatic rings. The fraction of sp³-hybridized carbons (Fsp3) is 0.308. The van der Waals surface area contributed by atoms with Gasteiger partial charge in [0.15, 0.2) is 0 Å². The summed E-state index contributed by atoms with van der Waals surface area (Å²) in [4.78, 5) is 22.8. The van der Waals surface area contributed by atoms with Crippen molar-refractivity contribution in [3.63, 3.8) is 0 Å². The van der Waals surface area contributed by atoms with Crippen LogP contribution in [0.15, 0.2) is 30.9 Å². The number of aliphatic carboxylic acids is 1. The topological polar surface area (TPSA) is 83.7 Å². The predicted octanol–water partition coefficient (Wildman–Crippen LogP) is 1.98. The Bertz CT molecular complexity index is 499. The summed E-state index contributed by atoms with van der Waals surface area (Å²) in [5.41, 5.74) is 1.36. The van der Waals surface area contributed by atoms with Crippen molar-refractivity contribution < 1.29 is 14.8 Å². The molecule has 0 aliphatic carbocycles. The Kier molecular flexibility index (Phi) is 5.20. The van der Waals surface area contributed by atoms with Crippen molar-refractivity contribution in [2.75, 3.05) is 13.1 Å². The van der Waals surface area contributed by atoms with Crippen LogP contribution in [0, 0.1) is 17.0 Å². The summed E-state index contributed by atoms with van der Waals surface area (Å²) in [6, 6.07) is 4.81. The molecule has 1 rings (SSSR count). The molecule has 0 fully saturated rings. The molecule has 0 heterocycles. The summed E-state index contributed by atoms with van der Waals surface area (Å²) in [5.74, 6) is -0.940. The Labute approximate surface area is 111 Å². The molecule has 0 aliphatic heterocycles. The van der Waals surface area contributed by atoms with Crippen LogP contribution in [0.5, 0.6) is 0 Å². The van der Waals surface area contributed by atoms with E-state index in [4.69, 9.17) is 5.11 Å². The normalized spacial score (nSPS) is 10.4. The molecule has 0 aliphatic rings. The Morgan fingerprint density at radius 2 is 2.26 bits per heavy atom. The smallest absolute Gasteiger partial charge is 0.317 e. The highest BCUT2D eigenvalue weighted by molar-refractivity contribution is 5.69. The first-order valence-corrected chi connectivity index (χ1v) is 5.73. The first kappa shape index (κ1) is 14.8. The van der Waals surface area contributed by atoms with Crippen LogP contribution in [0.1, 0.15) is 11.1 Å². The third-order valence-electron chi connectivity index (χ3n) is 2.75. The van der Waals surface area contributed by atoms with Crippen LogP contribution in [0.25, 0.3) is 0 Å². The Balaban J connectivity index is 2.96. The van der Waals surface area contributed by atoms with Gasteiger partial charge in [0.1, 0.15) is 0 Å². The third kappa shape index (κ3) is 4.18. The van der Waals surface area contributed by atoms with Gasteiger partial charge in [0, 0.05) is 24.7 Å². The Hall–Kier alpha value is -2.21. The number of carboxylic acids is 1. The molecule has 0 atom stereocenters. The molecule has 19 heavy (non-hydrogen) atoms. The van der Waals surface area contributed by atoms with Gasteiger partial charge in [-0.25, -0.2) is 0 Å². The van der Waals surface area contributed by atoms with Crippen LogP contribution in [0.3, 0.4) is 0 Å². The quantitative estimate of drug-likeness (QED) is 0.462. The number of benzene rings is 1. The number of carbonyl (C=O) groups is 1. The average molecular weight is 264 g/mol. The molecule has 6 nitrogen and oxygen atoms in total. The van der Waals surface area contributed by atoms with Crippen molar-refractivity contribution in [2.24, 2.45) is 0 Å². The van der Waals surface area contributed by atoms with Crippen molar-refractivity contribution in [1.82, 2.24) is 4.90 Å². The molecule has 0 spiro atoms. The van der Waals surface area contributed by atoms with Gasteiger partial charge in [-0.05, 0) is 12.5 Å². The van der Waals surface area contributed by atoms with Crippen LogP contribution in [0.2, 0.25) is 0 Å². The molecule has 0 saturated carbocycles. The van der Waals surface area contributed by atoms with Crippen LogP contribution < -0.4 is 0 Å². The van der Waals surface area contributed by atoms with E-state index in [9.17, 15) is 14.9 Å². The van der Waals surface area contributed by atoms with E-state index >= 15 is 0 Å². The second kappa shape index (κ2) is 6.65. The van der Waals surface area contributed by atoms with Gasteiger partial charge in [0.25, 0.3) is 5.69 Å². The summed E-state index contributed by atoms with van der Waals surface area (Å²) < 4.78 is 0. The lowest BCUT2D eigenvalue weighted by Gasteiger charge is -2.19. The molecule has 6 heteroatoms. The van der Waals surface area contributed by atoms with E-state index in [-0.39, 0.29) is 12.2 Å². The summed E-state index contributed by atoms with van der Waals surface area (Å²) in [6.45, 7) is 5.86. The van der Waals surface area contributed by atoms with E-state index < -0.39 is 10.9 Å². The van der Waals surface area contributed by atoms with Crippen LogP contribution in [-0.2, 0) is 11.3 Å². The van der Waals surface area contributed by atoms with Crippen molar-refractivity contribution in [3.8, 4) is 0 Å². The predicted molar refractivity (Wildman–Crippen MR) is 70.9 cm³/mol. The number of nitrogens with zero attached hydrogens (tertiary/aromatic N) is 2. The third-order valence-corrected chi connectivity index (χ3v) is 2.75. The molecule has 0 saturated heterocycles. The zero-order valence-electron chi connectivity index (χ0n) is 10.7. The van der Waals surface area contributed by atoms with E-state index in [0.29, 0.717) is 18.7 Å². The number of hydrogen-bond donors (Lipinski definition) is 1. The second-order valence-electron chi connectivity index (χ2n) is 4.17. The van der Waals surface area contributed by atoms with Gasteiger partial charge in [-0.1, -0.05) is 18.2 Å². The molecule has 1 aromatic carbocycles. The van der Waals surface area contributed by atoms with Gasteiger partial charge >= 0.3 is 5.97 Å². The van der Waals surface area contributed by atoms with Gasteiger partial charge in [0.2, 0.25) is 0 Å². The molecular formula is C13H16N2O4. The highest BCUT2D eigenvalue weighted by atomic mass is 16.6. The first-order valence-electron chi connectivity index (χ1n) is 5.73. The molecule has 0 aromatic heterocycles. The summed E-state index contributed by atoms with van der Waals surface area (Å²) in [5, 5.41) is 19.7. The molecule has 0 unspecified atom stereocenters. The Morgan fingerprint density at radius 3 is 2.79 bits per heavy atom. The standard InChI is InChI=1S/C13H16N2O4/c1-3-7-14(9-13(16)17)8-11-5-4-6-12(10(11)2)15(18)19/h3-6H,1,7-9H2,2H3,(H,16,17). The summed E-state index contributed by atoms with van der Waals surface area (Å²) >= 11 is 0. The highest BCUT2D eigenvalue weighted by Gasteiger charge is 2.16. The monoisotopic (exact) mass is 264 g/mol. The van der Waals surface area contributed by atoms with Gasteiger partial charge < -0.3 is 5.11 Å². The number of hydrogen-bond acceptors (Lipinski definition) is 4. The number of nitro benzene ring substituents is 1. The van der Waals surface area contributed by atoms with Crippen molar-refractivity contribution in [3.05, 3.63) is 52.1 Å². The van der Waals surface area contributed by atoms with Crippen LogP contribution in [-0.4, -0.2) is 34.0 Å². The summed E-state index contributed by atoms with van der Waals surface area (Å²) in [7, 11) is 0. The van der Waals surface area contributed by atoms with Crippen LogP contribution >= 0.6 is 0 Å². The van der Waals surface area contributed by atoms with Crippen molar-refractivity contribution in [1.29, 1.82) is 0 Å². The van der Waals surface area contributed by atoms with Gasteiger partial charge in [-0.2, -0.15) is 0 Å². The van der Waals surface area contributed by atoms with Crippen LogP contribution in [0.4, 0.5) is 5.69 Å². The van der Waals surface area contributed by atoms with Gasteiger partial charge in [0.05, 0.1) is 11.5 Å². The summed E-state index contributed by atoms with van der Waals surface area (Å²) in [6.07, 6.45) is 1.61. The minimum absolute atomic E-state index is 0.0476. The zero-order chi connectivity index (χ0) is 14.4. The Morgan fingerprint density at radius 1 is 1.58 bits per heavy atom. The average Bonchev–Trinajstić information content (AvgIpc) is 2.31. The lowest BCUT2D eigenvalue weighted by molar-refractivity contribution is -0.385. The van der Waals surface area contributed by atoms with E-state index in [2.05, 4.69) is 6.58 Å². The maximum absolute atomic E-state index is 10.8.